The van der Waals surface area contributed by atoms with Crippen LogP contribution in [0.15, 0.2) is 75.9 Å². The first kappa shape index (κ1) is 22.4. The fourth-order valence-electron chi connectivity index (χ4n) is 3.26. The third kappa shape index (κ3) is 5.02. The standard InChI is InChI=1S/C26H21ClO6/c1-3-30-22-6-4-5-7-23(22)33-26-16(2)32-24-14-19(12-13-20(24)25(26)29)31-15-21(28)17-8-10-18(27)11-9-17/h4-14H,3,15H2,1-2H3. The molecule has 0 aliphatic rings. The number of ketones is 1. The molecule has 0 atom stereocenters. The van der Waals surface area contributed by atoms with Gasteiger partial charge in [0.25, 0.3) is 0 Å². The van der Waals surface area contributed by atoms with Crippen molar-refractivity contribution in [1.82, 2.24) is 0 Å². The van der Waals surface area contributed by atoms with E-state index < -0.39 is 0 Å². The normalized spacial score (nSPS) is 10.8. The average molecular weight is 465 g/mol. The second-order valence-corrected chi connectivity index (χ2v) is 7.61. The van der Waals surface area contributed by atoms with Crippen LogP contribution >= 0.6 is 11.6 Å². The van der Waals surface area contributed by atoms with Gasteiger partial charge in [0, 0.05) is 16.7 Å². The Bertz CT molecular complexity index is 1360. The van der Waals surface area contributed by atoms with Crippen LogP contribution in [0, 0.1) is 6.92 Å². The summed E-state index contributed by atoms with van der Waals surface area (Å²) < 4.78 is 22.9. The molecule has 1 heterocycles. The molecule has 0 saturated heterocycles. The number of fused-ring (bicyclic) bond motifs is 1. The van der Waals surface area contributed by atoms with E-state index in [1.807, 2.05) is 13.0 Å². The van der Waals surface area contributed by atoms with Crippen molar-refractivity contribution in [1.29, 1.82) is 0 Å². The fourth-order valence-corrected chi connectivity index (χ4v) is 3.39. The summed E-state index contributed by atoms with van der Waals surface area (Å²) in [6.45, 7) is 3.83. The van der Waals surface area contributed by atoms with E-state index in [9.17, 15) is 9.59 Å². The van der Waals surface area contributed by atoms with Gasteiger partial charge < -0.3 is 18.6 Å². The average Bonchev–Trinajstić information content (AvgIpc) is 2.81. The molecule has 0 radical (unpaired) electrons. The first-order chi connectivity index (χ1) is 16.0. The number of para-hydroxylation sites is 2. The number of benzene rings is 3. The Hall–Kier alpha value is -3.77. The van der Waals surface area contributed by atoms with Gasteiger partial charge in [-0.15, -0.1) is 0 Å². The number of ether oxygens (including phenoxy) is 3. The van der Waals surface area contributed by atoms with Crippen molar-refractivity contribution in [3.8, 4) is 23.0 Å². The third-order valence-corrected chi connectivity index (χ3v) is 5.14. The second-order valence-electron chi connectivity index (χ2n) is 7.18. The Labute approximate surface area is 195 Å². The molecule has 168 valence electrons. The van der Waals surface area contributed by atoms with E-state index in [2.05, 4.69) is 0 Å². The van der Waals surface area contributed by atoms with E-state index in [0.717, 1.165) is 0 Å². The van der Waals surface area contributed by atoms with Crippen LogP contribution in [0.4, 0.5) is 0 Å². The summed E-state index contributed by atoms with van der Waals surface area (Å²) >= 11 is 5.85. The Morgan fingerprint density at radius 3 is 2.42 bits per heavy atom. The van der Waals surface area contributed by atoms with Crippen LogP contribution in [-0.2, 0) is 0 Å². The number of aryl methyl sites for hydroxylation is 1. The maximum Gasteiger partial charge on any atom is 0.235 e. The monoisotopic (exact) mass is 464 g/mol. The largest absolute Gasteiger partial charge is 0.490 e. The highest BCUT2D eigenvalue weighted by molar-refractivity contribution is 6.30. The highest BCUT2D eigenvalue weighted by Crippen LogP contribution is 2.33. The quantitative estimate of drug-likeness (QED) is 0.289. The fraction of sp³-hybridized carbons (Fsp3) is 0.154. The topological polar surface area (TPSA) is 75.0 Å². The zero-order chi connectivity index (χ0) is 23.4. The van der Waals surface area contributed by atoms with Gasteiger partial charge in [-0.1, -0.05) is 23.7 Å². The van der Waals surface area contributed by atoms with Gasteiger partial charge in [0.1, 0.15) is 17.1 Å². The van der Waals surface area contributed by atoms with Gasteiger partial charge in [-0.25, -0.2) is 0 Å². The molecule has 0 aliphatic heterocycles. The van der Waals surface area contributed by atoms with E-state index >= 15 is 0 Å². The van der Waals surface area contributed by atoms with Gasteiger partial charge in [-0.05, 0) is 62.4 Å². The predicted octanol–water partition coefficient (Wildman–Crippen LogP) is 6.21. The smallest absolute Gasteiger partial charge is 0.235 e. The number of rotatable bonds is 8. The minimum Gasteiger partial charge on any atom is -0.490 e. The highest BCUT2D eigenvalue weighted by atomic mass is 35.5. The van der Waals surface area contributed by atoms with Crippen LogP contribution in [0.5, 0.6) is 23.0 Å². The Morgan fingerprint density at radius 1 is 0.970 bits per heavy atom. The van der Waals surface area contributed by atoms with E-state index in [1.165, 1.54) is 0 Å². The molecule has 0 unspecified atom stereocenters. The van der Waals surface area contributed by atoms with Gasteiger partial charge in [0.15, 0.2) is 23.9 Å². The van der Waals surface area contributed by atoms with Crippen LogP contribution in [0.25, 0.3) is 11.0 Å². The minimum absolute atomic E-state index is 0.0845. The molecule has 1 aromatic heterocycles. The Kier molecular flexibility index (Phi) is 6.66. The second kappa shape index (κ2) is 9.79. The molecule has 4 rings (SSSR count). The molecule has 33 heavy (non-hydrogen) atoms. The Balaban J connectivity index is 1.57. The molecule has 0 spiro atoms. The predicted molar refractivity (Wildman–Crippen MR) is 126 cm³/mol. The van der Waals surface area contributed by atoms with Crippen LogP contribution in [0.1, 0.15) is 23.0 Å². The van der Waals surface area contributed by atoms with E-state index in [4.69, 9.17) is 30.2 Å². The van der Waals surface area contributed by atoms with E-state index in [-0.39, 0.29) is 23.6 Å². The lowest BCUT2D eigenvalue weighted by atomic mass is 10.1. The lowest BCUT2D eigenvalue weighted by Gasteiger charge is -2.13. The maximum absolute atomic E-state index is 13.1. The summed E-state index contributed by atoms with van der Waals surface area (Å²) in [5.41, 5.74) is 0.514. The first-order valence-electron chi connectivity index (χ1n) is 10.3. The van der Waals surface area contributed by atoms with E-state index in [1.54, 1.807) is 67.6 Å². The number of carbonyl (C=O) groups is 1. The molecular formula is C26H21ClO6. The van der Waals surface area contributed by atoms with Crippen LogP contribution in [-0.4, -0.2) is 19.0 Å². The molecular weight excluding hydrogens is 444 g/mol. The van der Waals surface area contributed by atoms with Crippen molar-refractivity contribution < 1.29 is 23.4 Å². The maximum atomic E-state index is 13.1. The highest BCUT2D eigenvalue weighted by Gasteiger charge is 2.17. The van der Waals surface area contributed by atoms with Gasteiger partial charge in [-0.2, -0.15) is 0 Å². The first-order valence-corrected chi connectivity index (χ1v) is 10.7. The molecule has 0 aliphatic carbocycles. The molecule has 0 fully saturated rings. The number of carbonyl (C=O) groups excluding carboxylic acids is 1. The Morgan fingerprint density at radius 2 is 1.70 bits per heavy atom. The van der Waals surface area contributed by atoms with Crippen molar-refractivity contribution in [2.75, 3.05) is 13.2 Å². The SMILES string of the molecule is CCOc1ccccc1Oc1c(C)oc2cc(OCC(=O)c3ccc(Cl)cc3)ccc2c1=O. The zero-order valence-corrected chi connectivity index (χ0v) is 18.8. The molecule has 0 saturated carbocycles. The molecule has 0 N–H and O–H groups in total. The van der Waals surface area contributed by atoms with Gasteiger partial charge in [0.2, 0.25) is 11.2 Å². The lowest BCUT2D eigenvalue weighted by molar-refractivity contribution is 0.0921. The van der Waals surface area contributed by atoms with Crippen molar-refractivity contribution in [3.05, 3.63) is 93.3 Å². The summed E-state index contributed by atoms with van der Waals surface area (Å²) in [6.07, 6.45) is 0. The molecule has 0 bridgehead atoms. The molecule has 3 aromatic carbocycles. The van der Waals surface area contributed by atoms with Gasteiger partial charge in [-0.3, -0.25) is 9.59 Å². The van der Waals surface area contributed by atoms with Crippen molar-refractivity contribution in [2.45, 2.75) is 13.8 Å². The summed E-state index contributed by atoms with van der Waals surface area (Å²) in [5.74, 6) is 1.57. The summed E-state index contributed by atoms with van der Waals surface area (Å²) in [7, 11) is 0. The van der Waals surface area contributed by atoms with Crippen LogP contribution < -0.4 is 19.6 Å². The summed E-state index contributed by atoms with van der Waals surface area (Å²) in [4.78, 5) is 25.4. The molecule has 4 aromatic rings. The number of hydrogen-bond acceptors (Lipinski definition) is 6. The van der Waals surface area contributed by atoms with Crippen molar-refractivity contribution in [2.24, 2.45) is 0 Å². The van der Waals surface area contributed by atoms with Crippen molar-refractivity contribution >= 4 is 28.4 Å². The van der Waals surface area contributed by atoms with Crippen molar-refractivity contribution in [3.63, 3.8) is 0 Å². The summed E-state index contributed by atoms with van der Waals surface area (Å²) in [5, 5.41) is 0.887. The minimum atomic E-state index is -0.316. The third-order valence-electron chi connectivity index (χ3n) is 4.88. The van der Waals surface area contributed by atoms with Crippen LogP contribution in [0.3, 0.4) is 0 Å². The number of hydrogen-bond donors (Lipinski definition) is 0. The molecule has 6 nitrogen and oxygen atoms in total. The molecule has 7 heteroatoms. The van der Waals surface area contributed by atoms with Crippen LogP contribution in [0.2, 0.25) is 5.02 Å². The summed E-state index contributed by atoms with van der Waals surface area (Å²) in [6, 6.07) is 18.5. The number of halogens is 1. The van der Waals surface area contributed by atoms with Gasteiger partial charge >= 0.3 is 0 Å². The van der Waals surface area contributed by atoms with E-state index in [0.29, 0.717) is 51.2 Å². The van der Waals surface area contributed by atoms with Gasteiger partial charge in [0.05, 0.1) is 12.0 Å². The molecule has 0 amide bonds. The zero-order valence-electron chi connectivity index (χ0n) is 18.1. The number of Topliss-reactive ketones (excluding diaryl/α,β-unsaturated/α-hetero) is 1. The lowest BCUT2D eigenvalue weighted by Crippen LogP contribution is -2.12.